The van der Waals surface area contributed by atoms with Gasteiger partial charge >= 0.3 is 0 Å². The molecular formula is C24H28N4O. The first kappa shape index (κ1) is 18.2. The smallest absolute Gasteiger partial charge is 0.226 e. The molecule has 0 saturated heterocycles. The predicted molar refractivity (Wildman–Crippen MR) is 113 cm³/mol. The quantitative estimate of drug-likeness (QED) is 0.653. The Hall–Kier alpha value is -2.82. The van der Waals surface area contributed by atoms with Crippen molar-refractivity contribution in [3.05, 3.63) is 65.1 Å². The van der Waals surface area contributed by atoms with Crippen LogP contribution in [0, 0.1) is 19.8 Å². The lowest BCUT2D eigenvalue weighted by molar-refractivity contribution is -0.137. The van der Waals surface area contributed by atoms with Gasteiger partial charge in [-0.2, -0.15) is 5.10 Å². The van der Waals surface area contributed by atoms with E-state index in [9.17, 15) is 4.79 Å². The van der Waals surface area contributed by atoms with Crippen molar-refractivity contribution in [2.24, 2.45) is 5.92 Å². The van der Waals surface area contributed by atoms with E-state index in [1.54, 1.807) is 0 Å². The average Bonchev–Trinajstić information content (AvgIpc) is 3.46. The van der Waals surface area contributed by atoms with E-state index in [0.29, 0.717) is 19.0 Å². The number of carbonyl (C=O) groups is 1. The van der Waals surface area contributed by atoms with Gasteiger partial charge in [-0.3, -0.25) is 4.79 Å². The molecule has 0 unspecified atom stereocenters. The average molecular weight is 389 g/mol. The Morgan fingerprint density at radius 3 is 2.48 bits per heavy atom. The molecule has 1 aromatic carbocycles. The molecule has 2 aromatic heterocycles. The second-order valence-electron chi connectivity index (χ2n) is 8.55. The van der Waals surface area contributed by atoms with Crippen molar-refractivity contribution in [3.8, 4) is 11.5 Å². The number of rotatable bonds is 3. The third-order valence-corrected chi connectivity index (χ3v) is 6.58. The fourth-order valence-electron chi connectivity index (χ4n) is 4.74. The Labute approximate surface area is 171 Å². The van der Waals surface area contributed by atoms with E-state index < -0.39 is 0 Å². The molecule has 2 aliphatic rings. The topological polar surface area (TPSA) is 43.1 Å². The third kappa shape index (κ3) is 3.18. The molecule has 1 saturated carbocycles. The van der Waals surface area contributed by atoms with Gasteiger partial charge in [0.15, 0.2) is 0 Å². The van der Waals surface area contributed by atoms with E-state index in [-0.39, 0.29) is 5.92 Å². The number of fused-ring (bicyclic) bond motifs is 1. The van der Waals surface area contributed by atoms with Gasteiger partial charge in [-0.15, -0.1) is 0 Å². The number of hydrogen-bond acceptors (Lipinski definition) is 2. The van der Waals surface area contributed by atoms with Crippen LogP contribution in [0.5, 0.6) is 0 Å². The van der Waals surface area contributed by atoms with Crippen molar-refractivity contribution >= 4 is 5.91 Å². The van der Waals surface area contributed by atoms with Gasteiger partial charge in [0.1, 0.15) is 5.82 Å². The Morgan fingerprint density at radius 2 is 1.76 bits per heavy atom. The molecule has 0 N–H and O–H groups in total. The number of aromatic nitrogens is 3. The molecule has 0 radical (unpaired) electrons. The van der Waals surface area contributed by atoms with Crippen LogP contribution in [0.3, 0.4) is 0 Å². The summed E-state index contributed by atoms with van der Waals surface area (Å²) in [6.07, 6.45) is 9.83. The first-order valence-electron chi connectivity index (χ1n) is 10.7. The Balaban J connectivity index is 1.51. The largest absolute Gasteiger partial charge is 0.332 e. The van der Waals surface area contributed by atoms with E-state index in [0.717, 1.165) is 30.0 Å². The summed E-state index contributed by atoms with van der Waals surface area (Å²) in [5.41, 5.74) is 5.79. The Kier molecular flexibility index (Phi) is 4.53. The molecule has 5 heteroatoms. The molecule has 5 nitrogen and oxygen atoms in total. The highest BCUT2D eigenvalue weighted by atomic mass is 16.2. The van der Waals surface area contributed by atoms with Gasteiger partial charge in [0.2, 0.25) is 5.91 Å². The van der Waals surface area contributed by atoms with Crippen molar-refractivity contribution in [2.75, 3.05) is 0 Å². The summed E-state index contributed by atoms with van der Waals surface area (Å²) in [5.74, 6) is 1.57. The van der Waals surface area contributed by atoms with Crippen molar-refractivity contribution < 1.29 is 4.79 Å². The zero-order valence-corrected chi connectivity index (χ0v) is 17.3. The number of nitrogens with zero attached hydrogens (tertiary/aromatic N) is 4. The van der Waals surface area contributed by atoms with E-state index in [1.807, 2.05) is 21.7 Å². The molecule has 0 bridgehead atoms. The standard InChI is InChI=1S/C24H28N4O/c1-17-10-11-20(14-18(17)2)28-23(26-12-6-7-13-26)21-15-27(16-22(21)25-28)24(29)19-8-4-3-5-9-19/h6-7,10-14,19H,3-5,8-9,15-16H2,1-2H3. The lowest BCUT2D eigenvalue weighted by Crippen LogP contribution is -2.33. The molecule has 5 rings (SSSR count). The van der Waals surface area contributed by atoms with Crippen LogP contribution in [0.2, 0.25) is 0 Å². The van der Waals surface area contributed by atoms with Gasteiger partial charge in [0.25, 0.3) is 0 Å². The number of hydrogen-bond donors (Lipinski definition) is 0. The second kappa shape index (κ2) is 7.21. The Morgan fingerprint density at radius 1 is 1.00 bits per heavy atom. The second-order valence-corrected chi connectivity index (χ2v) is 8.55. The zero-order chi connectivity index (χ0) is 20.0. The molecule has 1 fully saturated rings. The van der Waals surface area contributed by atoms with Crippen LogP contribution in [0.4, 0.5) is 0 Å². The van der Waals surface area contributed by atoms with Crippen molar-refractivity contribution in [2.45, 2.75) is 59.0 Å². The van der Waals surface area contributed by atoms with E-state index >= 15 is 0 Å². The third-order valence-electron chi connectivity index (χ3n) is 6.58. The fourth-order valence-corrected chi connectivity index (χ4v) is 4.74. The molecule has 1 amide bonds. The molecule has 1 aliphatic carbocycles. The van der Waals surface area contributed by atoms with Crippen LogP contribution < -0.4 is 0 Å². The summed E-state index contributed by atoms with van der Waals surface area (Å²) in [6, 6.07) is 10.5. The maximum absolute atomic E-state index is 13.1. The van der Waals surface area contributed by atoms with Gasteiger partial charge in [0, 0.05) is 23.9 Å². The summed E-state index contributed by atoms with van der Waals surface area (Å²) in [6.45, 7) is 5.54. The van der Waals surface area contributed by atoms with E-state index in [2.05, 4.69) is 49.0 Å². The number of benzene rings is 1. The molecule has 1 aliphatic heterocycles. The Bertz CT molecular complexity index is 1040. The predicted octanol–water partition coefficient (Wildman–Crippen LogP) is 4.70. The summed E-state index contributed by atoms with van der Waals surface area (Å²) < 4.78 is 4.16. The zero-order valence-electron chi connectivity index (χ0n) is 17.3. The normalized spacial score (nSPS) is 17.0. The summed E-state index contributed by atoms with van der Waals surface area (Å²) in [4.78, 5) is 15.1. The summed E-state index contributed by atoms with van der Waals surface area (Å²) in [5, 5.41) is 4.97. The highest BCUT2D eigenvalue weighted by Gasteiger charge is 2.34. The first-order chi connectivity index (χ1) is 14.1. The minimum atomic E-state index is 0.203. The maximum atomic E-state index is 13.1. The van der Waals surface area contributed by atoms with Crippen LogP contribution in [0.25, 0.3) is 11.5 Å². The van der Waals surface area contributed by atoms with Gasteiger partial charge < -0.3 is 9.47 Å². The van der Waals surface area contributed by atoms with Crippen LogP contribution in [-0.4, -0.2) is 25.2 Å². The van der Waals surface area contributed by atoms with Crippen molar-refractivity contribution in [3.63, 3.8) is 0 Å². The fraction of sp³-hybridized carbons (Fsp3) is 0.417. The van der Waals surface area contributed by atoms with Crippen molar-refractivity contribution in [1.29, 1.82) is 0 Å². The molecule has 0 atom stereocenters. The highest BCUT2D eigenvalue weighted by molar-refractivity contribution is 5.79. The SMILES string of the molecule is Cc1ccc(-n2nc3c(c2-n2cccc2)CN(C(=O)C2CCCCC2)C3)cc1C. The lowest BCUT2D eigenvalue weighted by atomic mass is 9.88. The van der Waals surface area contributed by atoms with Crippen molar-refractivity contribution in [1.82, 2.24) is 19.2 Å². The molecular weight excluding hydrogens is 360 g/mol. The van der Waals surface area contributed by atoms with Gasteiger partial charge in [0.05, 0.1) is 24.5 Å². The molecule has 150 valence electrons. The molecule has 0 spiro atoms. The highest BCUT2D eigenvalue weighted by Crippen LogP contribution is 2.34. The van der Waals surface area contributed by atoms with Crippen LogP contribution in [0.1, 0.15) is 54.5 Å². The van der Waals surface area contributed by atoms with E-state index in [4.69, 9.17) is 5.10 Å². The van der Waals surface area contributed by atoms with E-state index in [1.165, 1.54) is 36.0 Å². The van der Waals surface area contributed by atoms with Gasteiger partial charge in [-0.05, 0) is 62.1 Å². The number of carbonyl (C=O) groups excluding carboxylic acids is 1. The minimum absolute atomic E-state index is 0.203. The first-order valence-corrected chi connectivity index (χ1v) is 10.7. The van der Waals surface area contributed by atoms with Crippen LogP contribution in [-0.2, 0) is 17.9 Å². The van der Waals surface area contributed by atoms with Gasteiger partial charge in [-0.1, -0.05) is 25.3 Å². The number of aryl methyl sites for hydroxylation is 2. The molecule has 3 heterocycles. The maximum Gasteiger partial charge on any atom is 0.226 e. The molecule has 29 heavy (non-hydrogen) atoms. The monoisotopic (exact) mass is 388 g/mol. The van der Waals surface area contributed by atoms with Gasteiger partial charge in [-0.25, -0.2) is 4.68 Å². The summed E-state index contributed by atoms with van der Waals surface area (Å²) >= 11 is 0. The minimum Gasteiger partial charge on any atom is -0.332 e. The molecule has 3 aromatic rings. The number of amides is 1. The lowest BCUT2D eigenvalue weighted by Gasteiger charge is -2.26. The van der Waals surface area contributed by atoms with Crippen LogP contribution in [0.15, 0.2) is 42.7 Å². The summed E-state index contributed by atoms with van der Waals surface area (Å²) in [7, 11) is 0. The van der Waals surface area contributed by atoms with Crippen LogP contribution >= 0.6 is 0 Å².